The number of carbonyl (C=O) groups excluding carboxylic acids is 2. The van der Waals surface area contributed by atoms with Crippen LogP contribution in [-0.2, 0) is 0 Å². The van der Waals surface area contributed by atoms with E-state index in [2.05, 4.69) is 20.6 Å². The summed E-state index contributed by atoms with van der Waals surface area (Å²) in [5, 5.41) is 5.49. The van der Waals surface area contributed by atoms with Crippen molar-refractivity contribution in [2.24, 2.45) is 0 Å². The first-order chi connectivity index (χ1) is 21.6. The molecule has 2 heterocycles. The normalized spacial score (nSPS) is 10.9. The summed E-state index contributed by atoms with van der Waals surface area (Å²) in [6.07, 6.45) is -1.15. The fourth-order valence-electron chi connectivity index (χ4n) is 4.71. The van der Waals surface area contributed by atoms with Gasteiger partial charge in [0.05, 0.1) is 22.1 Å². The van der Waals surface area contributed by atoms with Crippen LogP contribution in [-0.4, -0.2) is 32.1 Å². The number of fused-ring (bicyclic) bond motifs is 2. The summed E-state index contributed by atoms with van der Waals surface area (Å²) >= 11 is 0. The third kappa shape index (κ3) is 5.81. The standard InChI is InChI=1S/C34H24N6O4/c41-33(43-25-7-3-1-4-8-25)35-23-15-17-27-29(19-23)39-31(37-27)21-11-13-22(14-12-21)32-38-28-18-16-24(20-30(28)40-32)36-34(42)44-26-9-5-2-6-10-26/h1-20H,(H,35,41)(H,36,42)(H,37,39)(H,38,40). The Hall–Kier alpha value is -6.42. The zero-order valence-corrected chi connectivity index (χ0v) is 23.1. The second-order valence-corrected chi connectivity index (χ2v) is 9.87. The highest BCUT2D eigenvalue weighted by molar-refractivity contribution is 5.92. The Morgan fingerprint density at radius 2 is 0.932 bits per heavy atom. The van der Waals surface area contributed by atoms with Crippen molar-refractivity contribution in [3.8, 4) is 34.3 Å². The molecule has 0 saturated heterocycles. The molecule has 0 unspecified atom stereocenters. The molecule has 7 rings (SSSR count). The Morgan fingerprint density at radius 1 is 0.523 bits per heavy atom. The second-order valence-electron chi connectivity index (χ2n) is 9.87. The number of hydrogen-bond donors (Lipinski definition) is 4. The summed E-state index contributed by atoms with van der Waals surface area (Å²) in [4.78, 5) is 40.6. The Balaban J connectivity index is 1.03. The van der Waals surface area contributed by atoms with Gasteiger partial charge < -0.3 is 19.4 Å². The molecule has 0 saturated carbocycles. The van der Waals surface area contributed by atoms with Crippen LogP contribution in [0.5, 0.6) is 11.5 Å². The van der Waals surface area contributed by atoms with Crippen molar-refractivity contribution in [1.82, 2.24) is 19.9 Å². The molecule has 2 amide bonds. The van der Waals surface area contributed by atoms with Gasteiger partial charge in [0, 0.05) is 22.5 Å². The quantitative estimate of drug-likeness (QED) is 0.157. The molecule has 0 radical (unpaired) electrons. The van der Waals surface area contributed by atoms with Gasteiger partial charge in [0.25, 0.3) is 0 Å². The van der Waals surface area contributed by atoms with E-state index in [0.717, 1.165) is 33.2 Å². The van der Waals surface area contributed by atoms with Gasteiger partial charge in [0.1, 0.15) is 23.1 Å². The zero-order valence-electron chi connectivity index (χ0n) is 23.1. The average Bonchev–Trinajstić information content (AvgIpc) is 3.66. The minimum absolute atomic E-state index is 0.462. The third-order valence-electron chi connectivity index (χ3n) is 6.80. The third-order valence-corrected chi connectivity index (χ3v) is 6.80. The predicted molar refractivity (Wildman–Crippen MR) is 169 cm³/mol. The lowest BCUT2D eigenvalue weighted by molar-refractivity contribution is 0.214. The van der Waals surface area contributed by atoms with Crippen LogP contribution in [0.25, 0.3) is 44.8 Å². The fraction of sp³-hybridized carbons (Fsp3) is 0. The zero-order chi connectivity index (χ0) is 29.9. The van der Waals surface area contributed by atoms with Gasteiger partial charge in [0.15, 0.2) is 0 Å². The number of hydrogen-bond acceptors (Lipinski definition) is 6. The lowest BCUT2D eigenvalue weighted by Gasteiger charge is -2.06. The van der Waals surface area contributed by atoms with Gasteiger partial charge in [-0.3, -0.25) is 10.6 Å². The van der Waals surface area contributed by atoms with Crippen molar-refractivity contribution in [2.75, 3.05) is 10.6 Å². The number of nitrogens with zero attached hydrogens (tertiary/aromatic N) is 2. The summed E-state index contributed by atoms with van der Waals surface area (Å²) in [5.74, 6) is 2.31. The largest absolute Gasteiger partial charge is 0.417 e. The van der Waals surface area contributed by atoms with Crippen LogP contribution in [0.1, 0.15) is 0 Å². The highest BCUT2D eigenvalue weighted by atomic mass is 16.6. The van der Waals surface area contributed by atoms with Crippen LogP contribution >= 0.6 is 0 Å². The summed E-state index contributed by atoms with van der Waals surface area (Å²) in [6, 6.07) is 36.4. The number of nitrogens with one attached hydrogen (secondary N) is 4. The van der Waals surface area contributed by atoms with E-state index in [0.29, 0.717) is 34.5 Å². The second kappa shape index (κ2) is 11.5. The number of benzene rings is 5. The molecule has 0 atom stereocenters. The summed E-state index contributed by atoms with van der Waals surface area (Å²) in [5.41, 5.74) is 6.03. The molecule has 2 aromatic heterocycles. The molecule has 10 nitrogen and oxygen atoms in total. The minimum atomic E-state index is -0.575. The first-order valence-electron chi connectivity index (χ1n) is 13.7. The van der Waals surface area contributed by atoms with Gasteiger partial charge in [-0.05, 0) is 60.7 Å². The van der Waals surface area contributed by atoms with Crippen molar-refractivity contribution < 1.29 is 19.1 Å². The molecule has 0 spiro atoms. The molecule has 0 aliphatic heterocycles. The van der Waals surface area contributed by atoms with E-state index in [9.17, 15) is 9.59 Å². The van der Waals surface area contributed by atoms with Crippen molar-refractivity contribution >= 4 is 45.6 Å². The Kier molecular flexibility index (Phi) is 6.89. The van der Waals surface area contributed by atoms with Crippen molar-refractivity contribution in [1.29, 1.82) is 0 Å². The average molecular weight is 581 g/mol. The molecular weight excluding hydrogens is 556 g/mol. The van der Waals surface area contributed by atoms with Gasteiger partial charge in [0.2, 0.25) is 0 Å². The SMILES string of the molecule is O=C(Nc1ccc2nc(-c3ccc(-c4nc5ccc(NC(=O)Oc6ccccc6)cc5[nH]4)cc3)[nH]c2c1)Oc1ccccc1. The lowest BCUT2D eigenvalue weighted by atomic mass is 10.1. The number of amides is 2. The van der Waals surface area contributed by atoms with Gasteiger partial charge in [-0.1, -0.05) is 60.7 Å². The maximum absolute atomic E-state index is 12.3. The molecule has 0 aliphatic rings. The summed E-state index contributed by atoms with van der Waals surface area (Å²) < 4.78 is 10.6. The van der Waals surface area contributed by atoms with E-state index < -0.39 is 12.2 Å². The van der Waals surface area contributed by atoms with Crippen molar-refractivity contribution in [3.63, 3.8) is 0 Å². The van der Waals surface area contributed by atoms with Crippen LogP contribution < -0.4 is 20.1 Å². The first kappa shape index (κ1) is 26.5. The maximum Gasteiger partial charge on any atom is 0.417 e. The van der Waals surface area contributed by atoms with Crippen LogP contribution in [0.3, 0.4) is 0 Å². The number of anilines is 2. The predicted octanol–water partition coefficient (Wildman–Crippen LogP) is 8.00. The lowest BCUT2D eigenvalue weighted by Crippen LogP contribution is -2.16. The molecule has 4 N–H and O–H groups in total. The van der Waals surface area contributed by atoms with Crippen LogP contribution in [0.2, 0.25) is 0 Å². The van der Waals surface area contributed by atoms with E-state index in [1.807, 2.05) is 60.7 Å². The smallest absolute Gasteiger partial charge is 0.410 e. The van der Waals surface area contributed by atoms with Crippen LogP contribution in [0.4, 0.5) is 21.0 Å². The van der Waals surface area contributed by atoms with Gasteiger partial charge in [-0.15, -0.1) is 0 Å². The number of rotatable bonds is 6. The highest BCUT2D eigenvalue weighted by Gasteiger charge is 2.12. The number of ether oxygens (including phenoxy) is 2. The topological polar surface area (TPSA) is 134 Å². The molecule has 5 aromatic carbocycles. The molecule has 0 aliphatic carbocycles. The first-order valence-corrected chi connectivity index (χ1v) is 13.7. The van der Waals surface area contributed by atoms with E-state index in [-0.39, 0.29) is 0 Å². The Bertz CT molecular complexity index is 1950. The van der Waals surface area contributed by atoms with Crippen molar-refractivity contribution in [2.45, 2.75) is 0 Å². The molecule has 0 bridgehead atoms. The van der Waals surface area contributed by atoms with Gasteiger partial charge in [-0.25, -0.2) is 19.6 Å². The summed E-state index contributed by atoms with van der Waals surface area (Å²) in [7, 11) is 0. The number of para-hydroxylation sites is 2. The van der Waals surface area contributed by atoms with Gasteiger partial charge in [-0.2, -0.15) is 0 Å². The molecule has 7 aromatic rings. The van der Waals surface area contributed by atoms with E-state index in [1.165, 1.54) is 0 Å². The summed E-state index contributed by atoms with van der Waals surface area (Å²) in [6.45, 7) is 0. The van der Waals surface area contributed by atoms with Crippen LogP contribution in [0, 0.1) is 0 Å². The molecule has 44 heavy (non-hydrogen) atoms. The van der Waals surface area contributed by atoms with E-state index in [4.69, 9.17) is 19.4 Å². The Labute approximate surface area is 250 Å². The van der Waals surface area contributed by atoms with Gasteiger partial charge >= 0.3 is 12.2 Å². The molecule has 10 heteroatoms. The number of carbonyl (C=O) groups is 2. The molecule has 0 fully saturated rings. The fourth-order valence-corrected chi connectivity index (χ4v) is 4.71. The number of aromatic nitrogens is 4. The van der Waals surface area contributed by atoms with Crippen LogP contribution in [0.15, 0.2) is 121 Å². The monoisotopic (exact) mass is 580 g/mol. The number of H-pyrrole nitrogens is 2. The highest BCUT2D eigenvalue weighted by Crippen LogP contribution is 2.27. The van der Waals surface area contributed by atoms with E-state index in [1.54, 1.807) is 60.7 Å². The maximum atomic E-state index is 12.3. The van der Waals surface area contributed by atoms with Crippen molar-refractivity contribution in [3.05, 3.63) is 121 Å². The minimum Gasteiger partial charge on any atom is -0.410 e. The number of imidazole rings is 2. The molecular formula is C34H24N6O4. The van der Waals surface area contributed by atoms with E-state index >= 15 is 0 Å². The molecule has 214 valence electrons. The number of aromatic amines is 2. The Morgan fingerprint density at radius 3 is 1.34 bits per heavy atom.